The first-order valence-electron chi connectivity index (χ1n) is 6.67. The normalized spacial score (nSPS) is 17.7. The highest BCUT2D eigenvalue weighted by molar-refractivity contribution is 5.99. The van der Waals surface area contributed by atoms with E-state index < -0.39 is 11.8 Å². The van der Waals surface area contributed by atoms with Crippen molar-refractivity contribution in [1.82, 2.24) is 9.78 Å². The summed E-state index contributed by atoms with van der Waals surface area (Å²) in [6, 6.07) is 5.68. The largest absolute Gasteiger partial charge is 0.379 e. The zero-order chi connectivity index (χ0) is 14.7. The van der Waals surface area contributed by atoms with Gasteiger partial charge in [-0.3, -0.25) is 4.68 Å². The topological polar surface area (TPSA) is 68.2 Å². The maximum atomic E-state index is 13.4. The van der Waals surface area contributed by atoms with Gasteiger partial charge in [0.15, 0.2) is 0 Å². The molecule has 1 aliphatic rings. The molecule has 1 aromatic carbocycles. The maximum absolute atomic E-state index is 13.4. The zero-order valence-electron chi connectivity index (χ0n) is 11.3. The van der Waals surface area contributed by atoms with Gasteiger partial charge in [0.05, 0.1) is 30.2 Å². The second kappa shape index (κ2) is 5.92. The summed E-state index contributed by atoms with van der Waals surface area (Å²) < 4.78 is 20.5. The van der Waals surface area contributed by atoms with E-state index in [0.717, 1.165) is 13.0 Å². The Morgan fingerprint density at radius 1 is 1.38 bits per heavy atom. The quantitative estimate of drug-likeness (QED) is 0.913. The average Bonchev–Trinajstić information content (AvgIpc) is 3.12. The van der Waals surface area contributed by atoms with Gasteiger partial charge in [0.25, 0.3) is 0 Å². The summed E-state index contributed by atoms with van der Waals surface area (Å²) in [4.78, 5) is 11.8. The number of para-hydroxylation sites is 1. The standard InChI is InChI=1S/C14H15FN4O2/c15-12-3-1-2-4-13(12)18-14(20)17-10-7-16-19(8-10)11-5-6-21-9-11/h1-4,7-8,11H,5-6,9H2,(H2,17,18,20)/t11-/m1/s1. The van der Waals surface area contributed by atoms with Crippen molar-refractivity contribution in [2.45, 2.75) is 12.5 Å². The summed E-state index contributed by atoms with van der Waals surface area (Å²) in [5, 5.41) is 9.27. The molecular formula is C14H15FN4O2. The minimum absolute atomic E-state index is 0.131. The van der Waals surface area contributed by atoms with Crippen LogP contribution in [0.15, 0.2) is 36.7 Å². The number of benzene rings is 1. The Morgan fingerprint density at radius 3 is 3.00 bits per heavy atom. The Bertz CT molecular complexity index is 637. The van der Waals surface area contributed by atoms with Gasteiger partial charge in [-0.05, 0) is 18.6 Å². The molecule has 0 unspecified atom stereocenters. The minimum atomic E-state index is -0.512. The lowest BCUT2D eigenvalue weighted by atomic mass is 10.3. The molecule has 2 aromatic rings. The summed E-state index contributed by atoms with van der Waals surface area (Å²) >= 11 is 0. The Morgan fingerprint density at radius 2 is 2.24 bits per heavy atom. The average molecular weight is 290 g/mol. The summed E-state index contributed by atoms with van der Waals surface area (Å²) in [7, 11) is 0. The van der Waals surface area contributed by atoms with Gasteiger partial charge in [0, 0.05) is 12.8 Å². The molecule has 0 bridgehead atoms. The first kappa shape index (κ1) is 13.6. The molecule has 0 radical (unpaired) electrons. The van der Waals surface area contributed by atoms with Crippen molar-refractivity contribution in [2.75, 3.05) is 23.8 Å². The number of carbonyl (C=O) groups is 1. The number of halogens is 1. The molecule has 21 heavy (non-hydrogen) atoms. The molecule has 0 spiro atoms. The van der Waals surface area contributed by atoms with Crippen LogP contribution < -0.4 is 10.6 Å². The lowest BCUT2D eigenvalue weighted by Gasteiger charge is -2.08. The number of aromatic nitrogens is 2. The van der Waals surface area contributed by atoms with Crippen LogP contribution >= 0.6 is 0 Å². The number of hydrogen-bond donors (Lipinski definition) is 2. The van der Waals surface area contributed by atoms with Gasteiger partial charge >= 0.3 is 6.03 Å². The van der Waals surface area contributed by atoms with Gasteiger partial charge in [-0.15, -0.1) is 0 Å². The monoisotopic (exact) mass is 290 g/mol. The molecule has 1 aromatic heterocycles. The number of rotatable bonds is 3. The first-order valence-corrected chi connectivity index (χ1v) is 6.67. The molecular weight excluding hydrogens is 275 g/mol. The van der Waals surface area contributed by atoms with Crippen LogP contribution in [0.1, 0.15) is 12.5 Å². The third-order valence-electron chi connectivity index (χ3n) is 3.26. The van der Waals surface area contributed by atoms with Crippen molar-refractivity contribution in [3.8, 4) is 0 Å². The van der Waals surface area contributed by atoms with Crippen LogP contribution in [0, 0.1) is 5.82 Å². The Labute approximate surface area is 120 Å². The number of ether oxygens (including phenoxy) is 1. The van der Waals surface area contributed by atoms with E-state index in [9.17, 15) is 9.18 Å². The summed E-state index contributed by atoms with van der Waals surface area (Å²) in [6.45, 7) is 1.35. The van der Waals surface area contributed by atoms with Crippen LogP contribution in [0.25, 0.3) is 0 Å². The fourth-order valence-electron chi connectivity index (χ4n) is 2.18. The fourth-order valence-corrected chi connectivity index (χ4v) is 2.18. The van der Waals surface area contributed by atoms with Gasteiger partial charge in [-0.2, -0.15) is 5.10 Å². The van der Waals surface area contributed by atoms with Crippen molar-refractivity contribution in [3.63, 3.8) is 0 Å². The molecule has 0 aliphatic carbocycles. The van der Waals surface area contributed by atoms with Gasteiger partial charge in [-0.1, -0.05) is 12.1 Å². The van der Waals surface area contributed by atoms with E-state index in [0.29, 0.717) is 12.3 Å². The van der Waals surface area contributed by atoms with Gasteiger partial charge < -0.3 is 15.4 Å². The third kappa shape index (κ3) is 3.19. The number of amides is 2. The molecule has 2 amide bonds. The second-order valence-electron chi connectivity index (χ2n) is 4.79. The number of nitrogens with one attached hydrogen (secondary N) is 2. The Kier molecular flexibility index (Phi) is 3.83. The molecule has 1 aliphatic heterocycles. The van der Waals surface area contributed by atoms with E-state index in [1.165, 1.54) is 12.1 Å². The van der Waals surface area contributed by atoms with Crippen LogP contribution in [-0.4, -0.2) is 29.0 Å². The minimum Gasteiger partial charge on any atom is -0.379 e. The Balaban J connectivity index is 1.61. The van der Waals surface area contributed by atoms with Crippen molar-refractivity contribution >= 4 is 17.4 Å². The van der Waals surface area contributed by atoms with Crippen molar-refractivity contribution in [2.24, 2.45) is 0 Å². The molecule has 3 rings (SSSR count). The van der Waals surface area contributed by atoms with Gasteiger partial charge in [0.1, 0.15) is 5.82 Å². The van der Waals surface area contributed by atoms with Crippen LogP contribution in [0.4, 0.5) is 20.6 Å². The van der Waals surface area contributed by atoms with Crippen molar-refractivity contribution in [1.29, 1.82) is 0 Å². The summed E-state index contributed by atoms with van der Waals surface area (Å²) in [6.07, 6.45) is 4.20. The summed E-state index contributed by atoms with van der Waals surface area (Å²) in [5.41, 5.74) is 0.683. The molecule has 0 saturated carbocycles. The molecule has 1 saturated heterocycles. The highest BCUT2D eigenvalue weighted by Crippen LogP contribution is 2.20. The number of nitrogens with zero attached hydrogens (tertiary/aromatic N) is 2. The lowest BCUT2D eigenvalue weighted by Crippen LogP contribution is -2.19. The van der Waals surface area contributed by atoms with E-state index in [2.05, 4.69) is 15.7 Å². The van der Waals surface area contributed by atoms with E-state index >= 15 is 0 Å². The first-order chi connectivity index (χ1) is 10.2. The molecule has 1 atom stereocenters. The number of anilines is 2. The molecule has 110 valence electrons. The number of carbonyl (C=O) groups excluding carboxylic acids is 1. The van der Waals surface area contributed by atoms with E-state index in [1.807, 2.05) is 0 Å². The van der Waals surface area contributed by atoms with Crippen LogP contribution in [0.3, 0.4) is 0 Å². The van der Waals surface area contributed by atoms with E-state index in [-0.39, 0.29) is 11.7 Å². The highest BCUT2D eigenvalue weighted by atomic mass is 19.1. The van der Waals surface area contributed by atoms with Crippen LogP contribution in [0.5, 0.6) is 0 Å². The van der Waals surface area contributed by atoms with E-state index in [1.54, 1.807) is 29.2 Å². The lowest BCUT2D eigenvalue weighted by molar-refractivity contribution is 0.184. The Hall–Kier alpha value is -2.41. The molecule has 1 fully saturated rings. The predicted molar refractivity (Wildman–Crippen MR) is 75.7 cm³/mol. The molecule has 7 heteroatoms. The molecule has 2 N–H and O–H groups in total. The SMILES string of the molecule is O=C(Nc1cnn([C@@H]2CCOC2)c1)Nc1ccccc1F. The number of urea groups is 1. The van der Waals surface area contributed by atoms with E-state index in [4.69, 9.17) is 4.74 Å². The molecule has 6 nitrogen and oxygen atoms in total. The van der Waals surface area contributed by atoms with Gasteiger partial charge in [0.2, 0.25) is 0 Å². The van der Waals surface area contributed by atoms with Crippen LogP contribution in [-0.2, 0) is 4.74 Å². The van der Waals surface area contributed by atoms with Crippen LogP contribution in [0.2, 0.25) is 0 Å². The number of hydrogen-bond acceptors (Lipinski definition) is 3. The fraction of sp³-hybridized carbons (Fsp3) is 0.286. The van der Waals surface area contributed by atoms with Crippen molar-refractivity contribution in [3.05, 3.63) is 42.5 Å². The third-order valence-corrected chi connectivity index (χ3v) is 3.26. The van der Waals surface area contributed by atoms with Crippen molar-refractivity contribution < 1.29 is 13.9 Å². The highest BCUT2D eigenvalue weighted by Gasteiger charge is 2.18. The molecule has 2 heterocycles. The smallest absolute Gasteiger partial charge is 0.323 e. The zero-order valence-corrected chi connectivity index (χ0v) is 11.3. The second-order valence-corrected chi connectivity index (χ2v) is 4.79. The maximum Gasteiger partial charge on any atom is 0.323 e. The summed E-state index contributed by atoms with van der Waals surface area (Å²) in [5.74, 6) is -0.480. The predicted octanol–water partition coefficient (Wildman–Crippen LogP) is 2.63. The van der Waals surface area contributed by atoms with Gasteiger partial charge in [-0.25, -0.2) is 9.18 Å².